The highest BCUT2D eigenvalue weighted by Crippen LogP contribution is 2.34. The Kier molecular flexibility index (Phi) is 4.67. The highest BCUT2D eigenvalue weighted by atomic mass is 35.5. The van der Waals surface area contributed by atoms with Crippen LogP contribution in [0, 0.1) is 5.82 Å². The fourth-order valence-electron chi connectivity index (χ4n) is 1.91. The molecule has 4 heteroatoms. The van der Waals surface area contributed by atoms with Gasteiger partial charge in [-0.15, -0.1) is 11.6 Å². The summed E-state index contributed by atoms with van der Waals surface area (Å²) < 4.78 is 18.9. The largest absolute Gasteiger partial charge is 0.496 e. The summed E-state index contributed by atoms with van der Waals surface area (Å²) in [6.45, 7) is 0. The topological polar surface area (TPSA) is 9.23 Å². The monoisotopic (exact) mass is 298 g/mol. The van der Waals surface area contributed by atoms with E-state index in [0.29, 0.717) is 22.8 Å². The molecule has 0 spiro atoms. The van der Waals surface area contributed by atoms with Crippen molar-refractivity contribution in [3.63, 3.8) is 0 Å². The first kappa shape index (κ1) is 14.2. The molecular formula is C15H13Cl2FO. The number of benzene rings is 2. The number of hydrogen-bond donors (Lipinski definition) is 0. The Morgan fingerprint density at radius 3 is 2.63 bits per heavy atom. The number of rotatable bonds is 4. The second-order valence-corrected chi connectivity index (χ2v) is 5.11. The molecule has 0 N–H and O–H groups in total. The van der Waals surface area contributed by atoms with Crippen molar-refractivity contribution in [1.29, 1.82) is 0 Å². The molecule has 100 valence electrons. The minimum atomic E-state index is -0.371. The number of alkyl halides is 1. The lowest BCUT2D eigenvalue weighted by molar-refractivity contribution is 0.409. The molecule has 0 aliphatic heterocycles. The Bertz CT molecular complexity index is 572. The summed E-state index contributed by atoms with van der Waals surface area (Å²) in [6, 6.07) is 11.9. The summed E-state index contributed by atoms with van der Waals surface area (Å²) in [5, 5.41) is 0.208. The zero-order chi connectivity index (χ0) is 13.8. The molecule has 0 aliphatic rings. The summed E-state index contributed by atoms with van der Waals surface area (Å²) in [5.74, 6) is 0.366. The average molecular weight is 299 g/mol. The molecule has 0 saturated carbocycles. The van der Waals surface area contributed by atoms with Crippen LogP contribution in [0.2, 0.25) is 5.02 Å². The van der Waals surface area contributed by atoms with Crippen molar-refractivity contribution in [1.82, 2.24) is 0 Å². The Balaban J connectivity index is 2.25. The van der Waals surface area contributed by atoms with Crippen molar-refractivity contribution in [2.24, 2.45) is 0 Å². The molecule has 0 radical (unpaired) electrons. The molecule has 2 aromatic carbocycles. The molecule has 0 aromatic heterocycles. The standard InChI is InChI=1S/C15H13Cl2FO/c1-19-15-9-11(16)6-7-12(15)13(17)8-10-4-2-3-5-14(10)18/h2-7,9,13H,8H2,1H3. The number of halogens is 3. The Morgan fingerprint density at radius 1 is 1.21 bits per heavy atom. The first-order chi connectivity index (χ1) is 9.11. The van der Waals surface area contributed by atoms with E-state index in [1.54, 1.807) is 43.5 Å². The van der Waals surface area contributed by atoms with Gasteiger partial charge in [0.15, 0.2) is 0 Å². The average Bonchev–Trinajstić information content (AvgIpc) is 2.41. The SMILES string of the molecule is COc1cc(Cl)ccc1C(Cl)Cc1ccccc1F. The van der Waals surface area contributed by atoms with Crippen LogP contribution in [-0.4, -0.2) is 7.11 Å². The lowest BCUT2D eigenvalue weighted by Crippen LogP contribution is -2.01. The van der Waals surface area contributed by atoms with Gasteiger partial charge in [-0.3, -0.25) is 0 Å². The zero-order valence-electron chi connectivity index (χ0n) is 10.4. The summed E-state index contributed by atoms with van der Waals surface area (Å²) in [7, 11) is 1.56. The highest BCUT2D eigenvalue weighted by Gasteiger charge is 2.16. The molecule has 0 fully saturated rings. The number of methoxy groups -OCH3 is 1. The van der Waals surface area contributed by atoms with E-state index in [2.05, 4.69) is 0 Å². The van der Waals surface area contributed by atoms with Gasteiger partial charge >= 0.3 is 0 Å². The molecule has 2 rings (SSSR count). The van der Waals surface area contributed by atoms with Crippen molar-refractivity contribution in [2.75, 3.05) is 7.11 Å². The Morgan fingerprint density at radius 2 is 1.95 bits per heavy atom. The summed E-state index contributed by atoms with van der Waals surface area (Å²) >= 11 is 12.3. The first-order valence-corrected chi connectivity index (χ1v) is 6.64. The normalized spacial score (nSPS) is 12.2. The van der Waals surface area contributed by atoms with Crippen molar-refractivity contribution < 1.29 is 9.13 Å². The third-order valence-corrected chi connectivity index (χ3v) is 3.51. The van der Waals surface area contributed by atoms with Crippen molar-refractivity contribution in [3.05, 3.63) is 64.4 Å². The van der Waals surface area contributed by atoms with Crippen LogP contribution >= 0.6 is 23.2 Å². The maximum absolute atomic E-state index is 13.6. The van der Waals surface area contributed by atoms with Gasteiger partial charge in [0.05, 0.1) is 12.5 Å². The molecule has 2 aromatic rings. The van der Waals surface area contributed by atoms with Gasteiger partial charge in [0.2, 0.25) is 0 Å². The van der Waals surface area contributed by atoms with Crippen molar-refractivity contribution >= 4 is 23.2 Å². The van der Waals surface area contributed by atoms with E-state index in [9.17, 15) is 4.39 Å². The van der Waals surface area contributed by atoms with Crippen molar-refractivity contribution in [3.8, 4) is 5.75 Å². The van der Waals surface area contributed by atoms with Crippen LogP contribution < -0.4 is 4.74 Å². The van der Waals surface area contributed by atoms with E-state index in [1.165, 1.54) is 6.07 Å². The molecule has 0 heterocycles. The van der Waals surface area contributed by atoms with E-state index >= 15 is 0 Å². The minimum absolute atomic E-state index is 0.249. The second kappa shape index (κ2) is 6.27. The van der Waals surface area contributed by atoms with E-state index in [1.807, 2.05) is 0 Å². The van der Waals surface area contributed by atoms with Crippen LogP contribution in [0.4, 0.5) is 4.39 Å². The van der Waals surface area contributed by atoms with Crippen LogP contribution in [0.1, 0.15) is 16.5 Å². The molecule has 1 nitrogen and oxygen atoms in total. The highest BCUT2D eigenvalue weighted by molar-refractivity contribution is 6.30. The van der Waals surface area contributed by atoms with Crippen LogP contribution in [0.15, 0.2) is 42.5 Å². The second-order valence-electron chi connectivity index (χ2n) is 4.15. The van der Waals surface area contributed by atoms with Crippen LogP contribution in [0.5, 0.6) is 5.75 Å². The van der Waals surface area contributed by atoms with E-state index in [0.717, 1.165) is 5.56 Å². The summed E-state index contributed by atoms with van der Waals surface area (Å²) in [4.78, 5) is 0. The first-order valence-electron chi connectivity index (χ1n) is 5.82. The van der Waals surface area contributed by atoms with Gasteiger partial charge in [0.25, 0.3) is 0 Å². The molecular weight excluding hydrogens is 286 g/mol. The third-order valence-electron chi connectivity index (χ3n) is 2.89. The van der Waals surface area contributed by atoms with Gasteiger partial charge in [-0.25, -0.2) is 4.39 Å². The maximum atomic E-state index is 13.6. The van der Waals surface area contributed by atoms with Crippen LogP contribution in [0.25, 0.3) is 0 Å². The van der Waals surface area contributed by atoms with Gasteiger partial charge in [-0.05, 0) is 30.2 Å². The van der Waals surface area contributed by atoms with Gasteiger partial charge in [-0.2, -0.15) is 0 Å². The van der Waals surface area contributed by atoms with Gasteiger partial charge in [-0.1, -0.05) is 35.9 Å². The van der Waals surface area contributed by atoms with Crippen LogP contribution in [0.3, 0.4) is 0 Å². The molecule has 1 atom stereocenters. The molecule has 19 heavy (non-hydrogen) atoms. The maximum Gasteiger partial charge on any atom is 0.126 e. The van der Waals surface area contributed by atoms with Gasteiger partial charge in [0, 0.05) is 10.6 Å². The fourth-order valence-corrected chi connectivity index (χ4v) is 2.42. The molecule has 0 amide bonds. The quantitative estimate of drug-likeness (QED) is 0.721. The predicted molar refractivity (Wildman–Crippen MR) is 76.7 cm³/mol. The number of hydrogen-bond acceptors (Lipinski definition) is 1. The summed E-state index contributed by atoms with van der Waals surface area (Å²) in [5.41, 5.74) is 1.39. The molecule has 0 bridgehead atoms. The Labute approximate surface area is 121 Å². The molecule has 1 unspecified atom stereocenters. The minimum Gasteiger partial charge on any atom is -0.496 e. The van der Waals surface area contributed by atoms with E-state index < -0.39 is 0 Å². The van der Waals surface area contributed by atoms with Gasteiger partial charge < -0.3 is 4.74 Å². The van der Waals surface area contributed by atoms with Gasteiger partial charge in [0.1, 0.15) is 11.6 Å². The number of ether oxygens (including phenoxy) is 1. The van der Waals surface area contributed by atoms with Crippen molar-refractivity contribution in [2.45, 2.75) is 11.8 Å². The van der Waals surface area contributed by atoms with E-state index in [4.69, 9.17) is 27.9 Å². The smallest absolute Gasteiger partial charge is 0.126 e. The lowest BCUT2D eigenvalue weighted by atomic mass is 10.0. The molecule has 0 saturated heterocycles. The lowest BCUT2D eigenvalue weighted by Gasteiger charge is -2.14. The summed E-state index contributed by atoms with van der Waals surface area (Å²) in [6.07, 6.45) is 0.395. The Hall–Kier alpha value is -1.25. The van der Waals surface area contributed by atoms with E-state index in [-0.39, 0.29) is 11.2 Å². The van der Waals surface area contributed by atoms with Crippen LogP contribution in [-0.2, 0) is 6.42 Å². The molecule has 0 aliphatic carbocycles. The fraction of sp³-hybridized carbons (Fsp3) is 0.200. The third kappa shape index (κ3) is 3.40. The predicted octanol–water partition coefficient (Wildman–Crippen LogP) is 5.01. The zero-order valence-corrected chi connectivity index (χ0v) is 11.9.